The highest BCUT2D eigenvalue weighted by Gasteiger charge is 2.28. The molecule has 2 N–H and O–H groups in total. The summed E-state index contributed by atoms with van der Waals surface area (Å²) in [6, 6.07) is 2.19. The van der Waals surface area contributed by atoms with Crippen molar-refractivity contribution in [2.75, 3.05) is 6.54 Å². The lowest BCUT2D eigenvalue weighted by molar-refractivity contribution is -0.389. The van der Waals surface area contributed by atoms with Crippen molar-refractivity contribution in [3.05, 3.63) is 28.4 Å². The molecule has 0 spiro atoms. The van der Waals surface area contributed by atoms with E-state index in [9.17, 15) is 18.5 Å². The first-order valence-corrected chi connectivity index (χ1v) is 7.15. The normalized spacial score (nSPS) is 22.8. The summed E-state index contributed by atoms with van der Waals surface area (Å²) in [6.07, 6.45) is 1.79. The molecule has 1 heterocycles. The number of sulfonamides is 1. The van der Waals surface area contributed by atoms with Gasteiger partial charge >= 0.3 is 5.82 Å². The third kappa shape index (κ3) is 3.25. The Morgan fingerprint density at radius 3 is 2.63 bits per heavy atom. The zero-order valence-corrected chi connectivity index (χ0v) is 10.7. The molecule has 0 amide bonds. The van der Waals surface area contributed by atoms with Crippen molar-refractivity contribution in [1.82, 2.24) is 9.71 Å². The van der Waals surface area contributed by atoms with Crippen LogP contribution in [0.1, 0.15) is 12.8 Å². The first-order valence-electron chi connectivity index (χ1n) is 5.66. The first-order chi connectivity index (χ1) is 8.88. The zero-order chi connectivity index (χ0) is 14.0. The maximum absolute atomic E-state index is 11.9. The van der Waals surface area contributed by atoms with E-state index in [1.165, 1.54) is 0 Å². The van der Waals surface area contributed by atoms with Crippen LogP contribution in [-0.2, 0) is 10.0 Å². The number of pyridine rings is 1. The molecule has 0 aliphatic heterocycles. The van der Waals surface area contributed by atoms with Crippen molar-refractivity contribution in [3.8, 4) is 0 Å². The van der Waals surface area contributed by atoms with Crippen molar-refractivity contribution in [3.63, 3.8) is 0 Å². The fourth-order valence-electron chi connectivity index (χ4n) is 1.82. The van der Waals surface area contributed by atoms with Crippen molar-refractivity contribution in [1.29, 1.82) is 0 Å². The summed E-state index contributed by atoms with van der Waals surface area (Å²) in [5.41, 5.74) is 0. The van der Waals surface area contributed by atoms with Crippen LogP contribution >= 0.6 is 0 Å². The minimum absolute atomic E-state index is 0.113. The van der Waals surface area contributed by atoms with Crippen LogP contribution in [0.15, 0.2) is 23.2 Å². The van der Waals surface area contributed by atoms with E-state index < -0.39 is 20.8 Å². The average Bonchev–Trinajstić information content (AvgIpc) is 2.33. The molecule has 104 valence electrons. The van der Waals surface area contributed by atoms with Gasteiger partial charge < -0.3 is 15.2 Å². The van der Waals surface area contributed by atoms with Gasteiger partial charge in [0.15, 0.2) is 6.20 Å². The summed E-state index contributed by atoms with van der Waals surface area (Å²) in [6.45, 7) is 0.246. The molecule has 9 heteroatoms. The van der Waals surface area contributed by atoms with Crippen molar-refractivity contribution >= 4 is 15.8 Å². The summed E-state index contributed by atoms with van der Waals surface area (Å²) in [5, 5.41) is 19.5. The maximum atomic E-state index is 11.9. The third-order valence-corrected chi connectivity index (χ3v) is 4.40. The van der Waals surface area contributed by atoms with E-state index in [4.69, 9.17) is 5.11 Å². The number of nitrogens with zero attached hydrogens (tertiary/aromatic N) is 2. The van der Waals surface area contributed by atoms with Gasteiger partial charge in [0.2, 0.25) is 10.0 Å². The zero-order valence-electron chi connectivity index (χ0n) is 9.89. The fourth-order valence-corrected chi connectivity index (χ4v) is 2.88. The molecule has 0 aromatic carbocycles. The molecule has 1 aliphatic carbocycles. The number of hydrogen-bond donors (Lipinski definition) is 2. The number of nitrogens with one attached hydrogen (secondary N) is 1. The number of nitro groups is 1. The van der Waals surface area contributed by atoms with Crippen LogP contribution in [0.25, 0.3) is 0 Å². The molecule has 0 saturated heterocycles. The van der Waals surface area contributed by atoms with E-state index in [2.05, 4.69) is 9.71 Å². The molecule has 1 aliphatic rings. The molecule has 2 rings (SSSR count). The minimum Gasteiger partial charge on any atom is -0.393 e. The average molecular weight is 287 g/mol. The van der Waals surface area contributed by atoms with Crippen LogP contribution in [0.5, 0.6) is 0 Å². The third-order valence-electron chi connectivity index (χ3n) is 2.99. The Labute approximate surface area is 109 Å². The number of aliphatic hydroxyl groups excluding tert-OH is 1. The van der Waals surface area contributed by atoms with Crippen LogP contribution in [0, 0.1) is 16.0 Å². The van der Waals surface area contributed by atoms with E-state index in [0.29, 0.717) is 12.8 Å². The standard InChI is InChI=1S/C10H13N3O5S/c14-8-3-7(4-8)5-12-19(17,18)9-1-2-10(11-6-9)13(15)16/h1-2,6-8,12,14H,3-5H2. The molecule has 1 aromatic heterocycles. The lowest BCUT2D eigenvalue weighted by atomic mass is 9.83. The summed E-state index contributed by atoms with van der Waals surface area (Å²) >= 11 is 0. The van der Waals surface area contributed by atoms with Gasteiger partial charge in [0, 0.05) is 12.6 Å². The second-order valence-corrected chi connectivity index (χ2v) is 6.22. The highest BCUT2D eigenvalue weighted by molar-refractivity contribution is 7.89. The maximum Gasteiger partial charge on any atom is 0.363 e. The Morgan fingerprint density at radius 2 is 2.16 bits per heavy atom. The molecule has 8 nitrogen and oxygen atoms in total. The van der Waals surface area contributed by atoms with Gasteiger partial charge in [-0.2, -0.15) is 0 Å². The van der Waals surface area contributed by atoms with E-state index in [-0.39, 0.29) is 23.5 Å². The summed E-state index contributed by atoms with van der Waals surface area (Å²) in [4.78, 5) is 13.1. The smallest absolute Gasteiger partial charge is 0.363 e. The Morgan fingerprint density at radius 1 is 1.47 bits per heavy atom. The predicted octanol–water partition coefficient (Wildman–Crippen LogP) is 0.0390. The molecule has 1 saturated carbocycles. The summed E-state index contributed by atoms with van der Waals surface area (Å²) in [5.74, 6) is -0.267. The Balaban J connectivity index is 2.00. The van der Waals surface area contributed by atoms with E-state index in [1.807, 2.05) is 0 Å². The van der Waals surface area contributed by atoms with Crippen molar-refractivity contribution in [2.45, 2.75) is 23.8 Å². The van der Waals surface area contributed by atoms with Crippen LogP contribution in [0.3, 0.4) is 0 Å². The molecular formula is C10H13N3O5S. The van der Waals surface area contributed by atoms with Gasteiger partial charge in [-0.05, 0) is 34.7 Å². The van der Waals surface area contributed by atoms with Gasteiger partial charge in [-0.15, -0.1) is 0 Å². The molecule has 0 atom stereocenters. The number of aliphatic hydroxyl groups is 1. The molecule has 0 bridgehead atoms. The minimum atomic E-state index is -3.71. The second kappa shape index (κ2) is 5.19. The molecule has 0 unspecified atom stereocenters. The number of rotatable bonds is 5. The fraction of sp³-hybridized carbons (Fsp3) is 0.500. The first kappa shape index (κ1) is 13.8. The van der Waals surface area contributed by atoms with Crippen LogP contribution < -0.4 is 4.72 Å². The predicted molar refractivity (Wildman–Crippen MR) is 64.8 cm³/mol. The lowest BCUT2D eigenvalue weighted by Gasteiger charge is -2.31. The van der Waals surface area contributed by atoms with E-state index in [0.717, 1.165) is 18.3 Å². The van der Waals surface area contributed by atoms with Crippen LogP contribution in [0.4, 0.5) is 5.82 Å². The second-order valence-electron chi connectivity index (χ2n) is 4.45. The SMILES string of the molecule is O=[N+]([O-])c1ccc(S(=O)(=O)NCC2CC(O)C2)cn1. The lowest BCUT2D eigenvalue weighted by Crippen LogP contribution is -2.38. The van der Waals surface area contributed by atoms with Crippen molar-refractivity contribution < 1.29 is 18.4 Å². The molecular weight excluding hydrogens is 274 g/mol. The number of hydrogen-bond acceptors (Lipinski definition) is 6. The van der Waals surface area contributed by atoms with Crippen molar-refractivity contribution in [2.24, 2.45) is 5.92 Å². The molecule has 1 fully saturated rings. The van der Waals surface area contributed by atoms with Crippen LogP contribution in [0.2, 0.25) is 0 Å². The van der Waals surface area contributed by atoms with Gasteiger partial charge in [0.05, 0.1) is 6.10 Å². The molecule has 0 radical (unpaired) electrons. The van der Waals surface area contributed by atoms with Crippen LogP contribution in [-0.4, -0.2) is 36.1 Å². The van der Waals surface area contributed by atoms with Gasteiger partial charge in [0.25, 0.3) is 0 Å². The Kier molecular flexibility index (Phi) is 3.78. The monoisotopic (exact) mass is 287 g/mol. The van der Waals surface area contributed by atoms with Gasteiger partial charge in [0.1, 0.15) is 4.90 Å². The Bertz CT molecular complexity index is 565. The highest BCUT2D eigenvalue weighted by Crippen LogP contribution is 2.26. The molecule has 1 aromatic rings. The Hall–Kier alpha value is -1.58. The molecule has 19 heavy (non-hydrogen) atoms. The van der Waals surface area contributed by atoms with E-state index in [1.54, 1.807) is 0 Å². The highest BCUT2D eigenvalue weighted by atomic mass is 32.2. The number of aromatic nitrogens is 1. The van der Waals surface area contributed by atoms with Gasteiger partial charge in [-0.1, -0.05) is 0 Å². The topological polar surface area (TPSA) is 122 Å². The summed E-state index contributed by atoms with van der Waals surface area (Å²) < 4.78 is 26.1. The van der Waals surface area contributed by atoms with Gasteiger partial charge in [-0.3, -0.25) is 0 Å². The quantitative estimate of drug-likeness (QED) is 0.582. The largest absolute Gasteiger partial charge is 0.393 e. The summed E-state index contributed by atoms with van der Waals surface area (Å²) in [7, 11) is -3.71. The van der Waals surface area contributed by atoms with E-state index >= 15 is 0 Å². The van der Waals surface area contributed by atoms with Gasteiger partial charge in [-0.25, -0.2) is 13.1 Å².